The first kappa shape index (κ1) is 13.7. The van der Waals surface area contributed by atoms with Crippen molar-refractivity contribution in [1.29, 1.82) is 0 Å². The monoisotopic (exact) mass is 241 g/mol. The van der Waals surface area contributed by atoms with Gasteiger partial charge in [-0.2, -0.15) is 0 Å². The van der Waals surface area contributed by atoms with Gasteiger partial charge in [-0.05, 0) is 51.8 Å². The highest BCUT2D eigenvalue weighted by Gasteiger charge is 2.07. The second-order valence-electron chi connectivity index (χ2n) is 4.33. The molecule has 92 valence electrons. The number of rotatable bonds is 7. The molecule has 2 atom stereocenters. The predicted molar refractivity (Wildman–Crippen MR) is 71.0 cm³/mol. The molecule has 1 heterocycles. The SMILES string of the molecule is CCC(O)CCCNC(C)c1ccc(C)s1. The largest absolute Gasteiger partial charge is 0.393 e. The number of aliphatic hydroxyl groups excluding tert-OH is 1. The molecular formula is C13H23NOS. The molecule has 16 heavy (non-hydrogen) atoms. The Morgan fingerprint density at radius 1 is 1.44 bits per heavy atom. The van der Waals surface area contributed by atoms with Crippen LogP contribution in [0.25, 0.3) is 0 Å². The van der Waals surface area contributed by atoms with E-state index in [0.29, 0.717) is 6.04 Å². The Balaban J connectivity index is 2.18. The number of aliphatic hydroxyl groups is 1. The van der Waals surface area contributed by atoms with Gasteiger partial charge < -0.3 is 10.4 Å². The minimum absolute atomic E-state index is 0.124. The van der Waals surface area contributed by atoms with Crippen molar-refractivity contribution in [2.75, 3.05) is 6.54 Å². The van der Waals surface area contributed by atoms with Crippen LogP contribution in [0.1, 0.15) is 48.9 Å². The van der Waals surface area contributed by atoms with Crippen molar-refractivity contribution in [2.45, 2.75) is 52.2 Å². The van der Waals surface area contributed by atoms with Crippen LogP contribution in [-0.4, -0.2) is 17.8 Å². The highest BCUT2D eigenvalue weighted by molar-refractivity contribution is 7.12. The molecule has 0 fully saturated rings. The van der Waals surface area contributed by atoms with Gasteiger partial charge in [-0.15, -0.1) is 11.3 Å². The Labute approximate surface area is 103 Å². The number of thiophene rings is 1. The molecule has 0 amide bonds. The summed E-state index contributed by atoms with van der Waals surface area (Å²) in [7, 11) is 0. The lowest BCUT2D eigenvalue weighted by atomic mass is 10.1. The highest BCUT2D eigenvalue weighted by Crippen LogP contribution is 2.22. The van der Waals surface area contributed by atoms with Gasteiger partial charge in [-0.3, -0.25) is 0 Å². The lowest BCUT2D eigenvalue weighted by molar-refractivity contribution is 0.157. The highest BCUT2D eigenvalue weighted by atomic mass is 32.1. The predicted octanol–water partition coefficient (Wildman–Crippen LogP) is 3.26. The molecule has 0 spiro atoms. The summed E-state index contributed by atoms with van der Waals surface area (Å²) in [5.41, 5.74) is 0. The van der Waals surface area contributed by atoms with Crippen molar-refractivity contribution in [2.24, 2.45) is 0 Å². The minimum atomic E-state index is -0.124. The van der Waals surface area contributed by atoms with E-state index in [1.807, 2.05) is 18.3 Å². The molecule has 0 saturated heterocycles. The van der Waals surface area contributed by atoms with Crippen molar-refractivity contribution >= 4 is 11.3 Å². The zero-order chi connectivity index (χ0) is 12.0. The van der Waals surface area contributed by atoms with Gasteiger partial charge in [0.2, 0.25) is 0 Å². The van der Waals surface area contributed by atoms with E-state index in [2.05, 4.69) is 31.3 Å². The number of hydrogen-bond donors (Lipinski definition) is 2. The van der Waals surface area contributed by atoms with Gasteiger partial charge in [-0.1, -0.05) is 6.92 Å². The Bertz CT molecular complexity index is 298. The second kappa shape index (κ2) is 7.05. The van der Waals surface area contributed by atoms with Gasteiger partial charge in [0, 0.05) is 15.8 Å². The van der Waals surface area contributed by atoms with Gasteiger partial charge in [0.25, 0.3) is 0 Å². The van der Waals surface area contributed by atoms with E-state index in [-0.39, 0.29) is 6.10 Å². The molecule has 0 aliphatic rings. The van der Waals surface area contributed by atoms with Crippen LogP contribution in [0.3, 0.4) is 0 Å². The summed E-state index contributed by atoms with van der Waals surface area (Å²) >= 11 is 1.85. The molecular weight excluding hydrogens is 218 g/mol. The van der Waals surface area contributed by atoms with E-state index >= 15 is 0 Å². The Hall–Kier alpha value is -0.380. The van der Waals surface area contributed by atoms with Crippen LogP contribution in [0.2, 0.25) is 0 Å². The molecule has 1 rings (SSSR count). The first-order chi connectivity index (χ1) is 7.63. The molecule has 0 aromatic carbocycles. The van der Waals surface area contributed by atoms with Crippen LogP contribution in [0.15, 0.2) is 12.1 Å². The van der Waals surface area contributed by atoms with E-state index in [1.165, 1.54) is 9.75 Å². The summed E-state index contributed by atoms with van der Waals surface area (Å²) in [5.74, 6) is 0. The third-order valence-corrected chi connectivity index (χ3v) is 4.01. The molecule has 2 N–H and O–H groups in total. The summed E-state index contributed by atoms with van der Waals surface area (Å²) in [4.78, 5) is 2.76. The van der Waals surface area contributed by atoms with Crippen LogP contribution < -0.4 is 5.32 Å². The number of hydrogen-bond acceptors (Lipinski definition) is 3. The zero-order valence-electron chi connectivity index (χ0n) is 10.5. The van der Waals surface area contributed by atoms with Gasteiger partial charge >= 0.3 is 0 Å². The standard InChI is InChI=1S/C13H23NOS/c1-4-12(15)6-5-9-14-11(3)13-8-7-10(2)16-13/h7-8,11-12,14-15H,4-6,9H2,1-3H3. The average molecular weight is 241 g/mol. The van der Waals surface area contributed by atoms with Gasteiger partial charge in [0.15, 0.2) is 0 Å². The van der Waals surface area contributed by atoms with Crippen LogP contribution in [0, 0.1) is 6.92 Å². The maximum atomic E-state index is 9.42. The smallest absolute Gasteiger partial charge is 0.0538 e. The van der Waals surface area contributed by atoms with E-state index in [1.54, 1.807) is 0 Å². The minimum Gasteiger partial charge on any atom is -0.393 e. The summed E-state index contributed by atoms with van der Waals surface area (Å²) in [6.07, 6.45) is 2.68. The van der Waals surface area contributed by atoms with E-state index in [4.69, 9.17) is 0 Å². The molecule has 2 nitrogen and oxygen atoms in total. The normalized spacial score (nSPS) is 15.0. The van der Waals surface area contributed by atoms with Gasteiger partial charge in [-0.25, -0.2) is 0 Å². The van der Waals surface area contributed by atoms with Crippen molar-refractivity contribution in [3.63, 3.8) is 0 Å². The third-order valence-electron chi connectivity index (χ3n) is 2.82. The van der Waals surface area contributed by atoms with Gasteiger partial charge in [0.05, 0.1) is 6.10 Å². The average Bonchev–Trinajstić information content (AvgIpc) is 2.70. The number of nitrogens with one attached hydrogen (secondary N) is 1. The Morgan fingerprint density at radius 2 is 2.19 bits per heavy atom. The fraction of sp³-hybridized carbons (Fsp3) is 0.692. The summed E-state index contributed by atoms with van der Waals surface area (Å²) in [5, 5.41) is 12.9. The lowest BCUT2D eigenvalue weighted by Gasteiger charge is -2.13. The molecule has 1 aromatic heterocycles. The maximum Gasteiger partial charge on any atom is 0.0538 e. The molecule has 0 saturated carbocycles. The quantitative estimate of drug-likeness (QED) is 0.718. The summed E-state index contributed by atoms with van der Waals surface area (Å²) < 4.78 is 0. The maximum absolute atomic E-state index is 9.42. The number of aryl methyl sites for hydroxylation is 1. The zero-order valence-corrected chi connectivity index (χ0v) is 11.3. The molecule has 3 heteroatoms. The van der Waals surface area contributed by atoms with Crippen LogP contribution >= 0.6 is 11.3 Å². The van der Waals surface area contributed by atoms with E-state index in [0.717, 1.165) is 25.8 Å². The van der Waals surface area contributed by atoms with Crippen LogP contribution in [0.5, 0.6) is 0 Å². The molecule has 0 aliphatic heterocycles. The van der Waals surface area contributed by atoms with Crippen molar-refractivity contribution in [3.05, 3.63) is 21.9 Å². The Kier molecular flexibility index (Phi) is 6.03. The van der Waals surface area contributed by atoms with Crippen LogP contribution in [-0.2, 0) is 0 Å². The summed E-state index contributed by atoms with van der Waals surface area (Å²) in [6, 6.07) is 4.79. The molecule has 0 radical (unpaired) electrons. The van der Waals surface area contributed by atoms with E-state index < -0.39 is 0 Å². The lowest BCUT2D eigenvalue weighted by Crippen LogP contribution is -2.20. The fourth-order valence-electron chi connectivity index (χ4n) is 1.65. The molecule has 1 aromatic rings. The van der Waals surface area contributed by atoms with Crippen LogP contribution in [0.4, 0.5) is 0 Å². The molecule has 0 aliphatic carbocycles. The molecule has 2 unspecified atom stereocenters. The van der Waals surface area contributed by atoms with Crippen molar-refractivity contribution < 1.29 is 5.11 Å². The summed E-state index contributed by atoms with van der Waals surface area (Å²) in [6.45, 7) is 7.34. The molecule has 0 bridgehead atoms. The van der Waals surface area contributed by atoms with Crippen molar-refractivity contribution in [1.82, 2.24) is 5.32 Å². The third kappa shape index (κ3) is 4.64. The topological polar surface area (TPSA) is 32.3 Å². The first-order valence-electron chi connectivity index (χ1n) is 6.11. The Morgan fingerprint density at radius 3 is 2.75 bits per heavy atom. The van der Waals surface area contributed by atoms with E-state index in [9.17, 15) is 5.11 Å². The second-order valence-corrected chi connectivity index (χ2v) is 5.65. The van der Waals surface area contributed by atoms with Gasteiger partial charge in [0.1, 0.15) is 0 Å². The fourth-order valence-corrected chi connectivity index (χ4v) is 2.55. The van der Waals surface area contributed by atoms with Crippen molar-refractivity contribution in [3.8, 4) is 0 Å². The first-order valence-corrected chi connectivity index (χ1v) is 6.93.